The number of hydrogen-bond donors (Lipinski definition) is 1. The summed E-state index contributed by atoms with van der Waals surface area (Å²) in [5, 5.41) is 8.29. The Bertz CT molecular complexity index is 1300. The summed E-state index contributed by atoms with van der Waals surface area (Å²) in [6.07, 6.45) is 3.43. The van der Waals surface area contributed by atoms with Gasteiger partial charge in [0.25, 0.3) is 5.91 Å². The van der Waals surface area contributed by atoms with Crippen molar-refractivity contribution in [2.45, 2.75) is 0 Å². The van der Waals surface area contributed by atoms with Crippen LogP contribution in [0.4, 0.5) is 5.13 Å². The molecule has 0 radical (unpaired) electrons. The van der Waals surface area contributed by atoms with Gasteiger partial charge in [-0.15, -0.1) is 22.7 Å². The van der Waals surface area contributed by atoms with E-state index in [1.54, 1.807) is 23.7 Å². The molecule has 0 unspecified atom stereocenters. The first-order chi connectivity index (χ1) is 14.3. The van der Waals surface area contributed by atoms with Crippen molar-refractivity contribution in [2.75, 3.05) is 5.32 Å². The molecule has 5 rings (SSSR count). The summed E-state index contributed by atoms with van der Waals surface area (Å²) in [4.78, 5) is 27.5. The van der Waals surface area contributed by atoms with E-state index in [2.05, 4.69) is 15.3 Å². The maximum absolute atomic E-state index is 13.1. The summed E-state index contributed by atoms with van der Waals surface area (Å²) >= 11 is 3.04. The fraction of sp³-hybridized carbons (Fsp3) is 0. The highest BCUT2D eigenvalue weighted by molar-refractivity contribution is 7.16. The predicted octanol–water partition coefficient (Wildman–Crippen LogP) is 5.73. The SMILES string of the molecule is O=C(Nc1nc(-c2cccs2)cs1)c1cc(-c2ccncc2)nc2ccccc12. The number of aromatic nitrogens is 3. The van der Waals surface area contributed by atoms with Gasteiger partial charge in [-0.25, -0.2) is 9.97 Å². The normalized spacial score (nSPS) is 10.9. The maximum Gasteiger partial charge on any atom is 0.258 e. The number of hydrogen-bond acceptors (Lipinski definition) is 6. The lowest BCUT2D eigenvalue weighted by atomic mass is 10.0. The second kappa shape index (κ2) is 7.54. The van der Waals surface area contributed by atoms with Crippen LogP contribution in [0.25, 0.3) is 32.7 Å². The Kier molecular flexibility index (Phi) is 4.59. The predicted molar refractivity (Wildman–Crippen MR) is 118 cm³/mol. The van der Waals surface area contributed by atoms with Gasteiger partial charge in [0, 0.05) is 28.7 Å². The molecule has 5 aromatic rings. The van der Waals surface area contributed by atoms with E-state index in [0.29, 0.717) is 10.7 Å². The molecular weight excluding hydrogens is 400 g/mol. The average Bonchev–Trinajstić information content (AvgIpc) is 3.45. The van der Waals surface area contributed by atoms with Crippen molar-refractivity contribution in [3.8, 4) is 21.8 Å². The Labute approximate surface area is 174 Å². The van der Waals surface area contributed by atoms with Crippen molar-refractivity contribution in [3.05, 3.63) is 83.3 Å². The summed E-state index contributed by atoms with van der Waals surface area (Å²) in [5.41, 5.74) is 3.85. The Hall–Kier alpha value is -3.42. The number of anilines is 1. The number of pyridine rings is 2. The minimum atomic E-state index is -0.203. The molecule has 5 nitrogen and oxygen atoms in total. The van der Waals surface area contributed by atoms with E-state index in [4.69, 9.17) is 4.98 Å². The number of thiophene rings is 1. The van der Waals surface area contributed by atoms with Crippen LogP contribution < -0.4 is 5.32 Å². The van der Waals surface area contributed by atoms with Crippen LogP contribution in [-0.2, 0) is 0 Å². The van der Waals surface area contributed by atoms with Crippen LogP contribution in [0.15, 0.2) is 77.8 Å². The lowest BCUT2D eigenvalue weighted by Gasteiger charge is -2.09. The van der Waals surface area contributed by atoms with Crippen LogP contribution in [0, 0.1) is 0 Å². The number of nitrogens with zero attached hydrogens (tertiary/aromatic N) is 3. The van der Waals surface area contributed by atoms with E-state index >= 15 is 0 Å². The number of carbonyl (C=O) groups is 1. The highest BCUT2D eigenvalue weighted by atomic mass is 32.1. The summed E-state index contributed by atoms with van der Waals surface area (Å²) in [5.74, 6) is -0.203. The van der Waals surface area contributed by atoms with Crippen molar-refractivity contribution >= 4 is 44.6 Å². The molecule has 4 aromatic heterocycles. The van der Waals surface area contributed by atoms with Gasteiger partial charge < -0.3 is 0 Å². The van der Waals surface area contributed by atoms with Crippen molar-refractivity contribution in [1.82, 2.24) is 15.0 Å². The van der Waals surface area contributed by atoms with Gasteiger partial charge in [-0.3, -0.25) is 15.1 Å². The van der Waals surface area contributed by atoms with Crippen LogP contribution in [0.3, 0.4) is 0 Å². The smallest absolute Gasteiger partial charge is 0.258 e. The second-order valence-electron chi connectivity index (χ2n) is 6.28. The Balaban J connectivity index is 1.52. The third-order valence-corrected chi connectivity index (χ3v) is 6.09. The molecule has 1 amide bonds. The number of nitrogens with one attached hydrogen (secondary N) is 1. The van der Waals surface area contributed by atoms with Crippen LogP contribution in [0.2, 0.25) is 0 Å². The van der Waals surface area contributed by atoms with Crippen molar-refractivity contribution in [3.63, 3.8) is 0 Å². The van der Waals surface area contributed by atoms with E-state index < -0.39 is 0 Å². The van der Waals surface area contributed by atoms with Gasteiger partial charge in [-0.05, 0) is 35.7 Å². The maximum atomic E-state index is 13.1. The minimum Gasteiger partial charge on any atom is -0.298 e. The standard InChI is InChI=1S/C22H14N4OS2/c27-21(26-22-25-19(13-29-22)20-6-3-11-28-20)16-12-18(14-7-9-23-10-8-14)24-17-5-2-1-4-15(16)17/h1-13H,(H,25,26,27). The monoisotopic (exact) mass is 414 g/mol. The molecule has 4 heterocycles. The third kappa shape index (κ3) is 3.53. The molecule has 140 valence electrons. The largest absolute Gasteiger partial charge is 0.298 e. The van der Waals surface area contributed by atoms with Crippen LogP contribution >= 0.6 is 22.7 Å². The number of fused-ring (bicyclic) bond motifs is 1. The Morgan fingerprint density at radius 2 is 1.76 bits per heavy atom. The van der Waals surface area contributed by atoms with Crippen molar-refractivity contribution in [1.29, 1.82) is 0 Å². The molecule has 0 aliphatic rings. The van der Waals surface area contributed by atoms with Gasteiger partial charge in [0.15, 0.2) is 5.13 Å². The molecule has 0 spiro atoms. The van der Waals surface area contributed by atoms with E-state index in [9.17, 15) is 4.79 Å². The summed E-state index contributed by atoms with van der Waals surface area (Å²) in [7, 11) is 0. The highest BCUT2D eigenvalue weighted by Crippen LogP contribution is 2.29. The molecule has 0 aliphatic heterocycles. The average molecular weight is 415 g/mol. The number of rotatable bonds is 4. The number of thiazole rings is 1. The third-order valence-electron chi connectivity index (χ3n) is 4.44. The molecular formula is C22H14N4OS2. The summed E-state index contributed by atoms with van der Waals surface area (Å²) in [6, 6.07) is 17.2. The van der Waals surface area contributed by atoms with Gasteiger partial charge in [0.05, 0.1) is 27.3 Å². The number of amides is 1. The second-order valence-corrected chi connectivity index (χ2v) is 8.08. The first-order valence-electron chi connectivity index (χ1n) is 8.89. The highest BCUT2D eigenvalue weighted by Gasteiger charge is 2.16. The molecule has 0 bridgehead atoms. The quantitative estimate of drug-likeness (QED) is 0.407. The lowest BCUT2D eigenvalue weighted by Crippen LogP contribution is -2.13. The minimum absolute atomic E-state index is 0.203. The van der Waals surface area contributed by atoms with Crippen molar-refractivity contribution < 1.29 is 4.79 Å². The fourth-order valence-electron chi connectivity index (χ4n) is 3.07. The molecule has 29 heavy (non-hydrogen) atoms. The van der Waals surface area contributed by atoms with Crippen LogP contribution in [-0.4, -0.2) is 20.9 Å². The molecule has 0 atom stereocenters. The van der Waals surface area contributed by atoms with E-state index in [1.807, 2.05) is 65.4 Å². The molecule has 0 aliphatic carbocycles. The van der Waals surface area contributed by atoms with Gasteiger partial charge in [-0.1, -0.05) is 24.3 Å². The lowest BCUT2D eigenvalue weighted by molar-refractivity contribution is 0.102. The van der Waals surface area contributed by atoms with Crippen LogP contribution in [0.5, 0.6) is 0 Å². The molecule has 7 heteroatoms. The van der Waals surface area contributed by atoms with Gasteiger partial charge >= 0.3 is 0 Å². The van der Waals surface area contributed by atoms with Crippen LogP contribution in [0.1, 0.15) is 10.4 Å². The number of benzene rings is 1. The molecule has 0 fully saturated rings. The van der Waals surface area contributed by atoms with E-state index in [1.165, 1.54) is 11.3 Å². The van der Waals surface area contributed by atoms with Gasteiger partial charge in [0.1, 0.15) is 0 Å². The topological polar surface area (TPSA) is 67.8 Å². The Morgan fingerprint density at radius 3 is 2.59 bits per heavy atom. The van der Waals surface area contributed by atoms with Gasteiger partial charge in [0.2, 0.25) is 0 Å². The van der Waals surface area contributed by atoms with E-state index in [-0.39, 0.29) is 5.91 Å². The molecule has 1 N–H and O–H groups in total. The number of para-hydroxylation sites is 1. The van der Waals surface area contributed by atoms with Crippen molar-refractivity contribution in [2.24, 2.45) is 0 Å². The van der Waals surface area contributed by atoms with E-state index in [0.717, 1.165) is 32.7 Å². The summed E-state index contributed by atoms with van der Waals surface area (Å²) < 4.78 is 0. The zero-order valence-electron chi connectivity index (χ0n) is 15.1. The molecule has 1 aromatic carbocycles. The zero-order valence-corrected chi connectivity index (χ0v) is 16.7. The first-order valence-corrected chi connectivity index (χ1v) is 10.6. The first kappa shape index (κ1) is 17.7. The summed E-state index contributed by atoms with van der Waals surface area (Å²) in [6.45, 7) is 0. The number of carbonyl (C=O) groups excluding carboxylic acids is 1. The zero-order chi connectivity index (χ0) is 19.6. The Morgan fingerprint density at radius 1 is 0.897 bits per heavy atom. The molecule has 0 saturated carbocycles. The van der Waals surface area contributed by atoms with Gasteiger partial charge in [-0.2, -0.15) is 0 Å². The molecule has 0 saturated heterocycles. The fourth-order valence-corrected chi connectivity index (χ4v) is 4.53.